The van der Waals surface area contributed by atoms with Crippen molar-refractivity contribution in [3.63, 3.8) is 0 Å². The number of esters is 2. The van der Waals surface area contributed by atoms with Crippen molar-refractivity contribution < 1.29 is 19.1 Å². The lowest BCUT2D eigenvalue weighted by molar-refractivity contribution is -0.152. The topological polar surface area (TPSA) is 52.6 Å². The molecule has 0 saturated heterocycles. The van der Waals surface area contributed by atoms with E-state index in [9.17, 15) is 9.59 Å². The highest BCUT2D eigenvalue weighted by Crippen LogP contribution is 2.15. The molecule has 0 aliphatic rings. The molecule has 1 rings (SSSR count). The monoisotopic (exact) mass is 228 g/mol. The van der Waals surface area contributed by atoms with Gasteiger partial charge in [0, 0.05) is 11.9 Å². The zero-order chi connectivity index (χ0) is 11.3. The van der Waals surface area contributed by atoms with Gasteiger partial charge in [-0.3, -0.25) is 4.79 Å². The summed E-state index contributed by atoms with van der Waals surface area (Å²) in [4.78, 5) is 21.5. The van der Waals surface area contributed by atoms with Crippen LogP contribution in [-0.2, 0) is 14.3 Å². The number of ether oxygens (including phenoxy) is 2. The third-order valence-corrected chi connectivity index (χ3v) is 1.69. The van der Waals surface area contributed by atoms with E-state index in [1.807, 2.05) is 0 Å². The maximum Gasteiger partial charge on any atom is 0.349 e. The van der Waals surface area contributed by atoms with Crippen LogP contribution < -0.4 is 4.74 Å². The second kappa shape index (κ2) is 5.36. The largest absolute Gasteiger partial charge is 0.454 e. The summed E-state index contributed by atoms with van der Waals surface area (Å²) in [6.45, 7) is 0.827. The molecule has 0 aromatic heterocycles. The van der Waals surface area contributed by atoms with E-state index in [1.165, 1.54) is 6.92 Å². The second-order valence-corrected chi connectivity index (χ2v) is 3.14. The van der Waals surface area contributed by atoms with Crippen LogP contribution in [0, 0.1) is 0 Å². The van der Waals surface area contributed by atoms with Gasteiger partial charge in [0.1, 0.15) is 5.75 Å². The second-order valence-electron chi connectivity index (χ2n) is 2.71. The molecule has 0 fully saturated rings. The molecule has 1 aromatic rings. The number of hydrogen-bond donors (Lipinski definition) is 0. The van der Waals surface area contributed by atoms with Crippen LogP contribution in [0.1, 0.15) is 6.92 Å². The van der Waals surface area contributed by atoms with Crippen molar-refractivity contribution in [1.82, 2.24) is 0 Å². The molecular weight excluding hydrogens is 220 g/mol. The predicted molar refractivity (Wildman–Crippen MR) is 53.7 cm³/mol. The van der Waals surface area contributed by atoms with E-state index in [4.69, 9.17) is 16.3 Å². The van der Waals surface area contributed by atoms with Gasteiger partial charge in [-0.05, 0) is 24.3 Å². The summed E-state index contributed by atoms with van der Waals surface area (Å²) in [5.74, 6) is -0.799. The summed E-state index contributed by atoms with van der Waals surface area (Å²) in [6, 6.07) is 6.29. The van der Waals surface area contributed by atoms with Crippen LogP contribution in [0.25, 0.3) is 0 Å². The highest BCUT2D eigenvalue weighted by Gasteiger charge is 2.06. The number of carbonyl (C=O) groups excluding carboxylic acids is 2. The number of rotatable bonds is 3. The minimum Gasteiger partial charge on any atom is -0.454 e. The van der Waals surface area contributed by atoms with Crippen molar-refractivity contribution in [2.24, 2.45) is 0 Å². The zero-order valence-corrected chi connectivity index (χ0v) is 8.78. The van der Waals surface area contributed by atoms with Crippen molar-refractivity contribution in [1.29, 1.82) is 0 Å². The highest BCUT2D eigenvalue weighted by atomic mass is 35.5. The Morgan fingerprint density at radius 2 is 1.87 bits per heavy atom. The van der Waals surface area contributed by atoms with E-state index in [-0.39, 0.29) is 0 Å². The quantitative estimate of drug-likeness (QED) is 0.585. The van der Waals surface area contributed by atoms with Gasteiger partial charge in [-0.2, -0.15) is 0 Å². The van der Waals surface area contributed by atoms with E-state index in [2.05, 4.69) is 4.74 Å². The molecule has 0 spiro atoms. The van der Waals surface area contributed by atoms with Crippen LogP contribution in [-0.4, -0.2) is 18.5 Å². The summed E-state index contributed by atoms with van der Waals surface area (Å²) < 4.78 is 9.31. The molecule has 0 aliphatic heterocycles. The van der Waals surface area contributed by atoms with Crippen molar-refractivity contribution in [2.75, 3.05) is 6.61 Å². The molecular formula is C10H9ClO4. The third kappa shape index (κ3) is 4.46. The molecule has 0 bridgehead atoms. The summed E-state index contributed by atoms with van der Waals surface area (Å²) in [6.07, 6.45) is 0. The molecule has 5 heteroatoms. The smallest absolute Gasteiger partial charge is 0.349 e. The predicted octanol–water partition coefficient (Wildman–Crippen LogP) is 1.81. The molecule has 15 heavy (non-hydrogen) atoms. The summed E-state index contributed by atoms with van der Waals surface area (Å²) in [5.41, 5.74) is 0. The molecule has 4 nitrogen and oxygen atoms in total. The van der Waals surface area contributed by atoms with Crippen molar-refractivity contribution >= 4 is 23.5 Å². The van der Waals surface area contributed by atoms with Gasteiger partial charge < -0.3 is 9.47 Å². The number of hydrogen-bond acceptors (Lipinski definition) is 4. The van der Waals surface area contributed by atoms with Gasteiger partial charge in [0.2, 0.25) is 0 Å². The van der Waals surface area contributed by atoms with Gasteiger partial charge >= 0.3 is 11.9 Å². The standard InChI is InChI=1S/C10H9ClO4/c1-7(12)14-6-10(13)15-9-4-2-8(11)3-5-9/h2-5H,6H2,1H3. The van der Waals surface area contributed by atoms with Crippen LogP contribution in [0.2, 0.25) is 5.02 Å². The zero-order valence-electron chi connectivity index (χ0n) is 8.03. The summed E-state index contributed by atoms with van der Waals surface area (Å²) in [5, 5.41) is 0.551. The lowest BCUT2D eigenvalue weighted by Crippen LogP contribution is -2.17. The van der Waals surface area contributed by atoms with E-state index < -0.39 is 18.5 Å². The Morgan fingerprint density at radius 3 is 2.40 bits per heavy atom. The Hall–Kier alpha value is -1.55. The Morgan fingerprint density at radius 1 is 1.27 bits per heavy atom. The fourth-order valence-corrected chi connectivity index (χ4v) is 0.950. The molecule has 0 saturated carbocycles. The maximum absolute atomic E-state index is 11.1. The van der Waals surface area contributed by atoms with E-state index in [0.717, 1.165) is 0 Å². The minimum atomic E-state index is -0.632. The highest BCUT2D eigenvalue weighted by molar-refractivity contribution is 6.30. The average molecular weight is 229 g/mol. The van der Waals surface area contributed by atoms with Gasteiger partial charge in [0.25, 0.3) is 0 Å². The van der Waals surface area contributed by atoms with E-state index in [0.29, 0.717) is 10.8 Å². The van der Waals surface area contributed by atoms with Crippen molar-refractivity contribution in [3.8, 4) is 5.75 Å². The van der Waals surface area contributed by atoms with E-state index in [1.54, 1.807) is 24.3 Å². The minimum absolute atomic E-state index is 0.358. The molecule has 0 unspecified atom stereocenters. The first kappa shape index (κ1) is 11.5. The van der Waals surface area contributed by atoms with Gasteiger partial charge in [0.05, 0.1) is 0 Å². The lowest BCUT2D eigenvalue weighted by Gasteiger charge is -2.03. The molecule has 0 amide bonds. The molecule has 0 atom stereocenters. The van der Waals surface area contributed by atoms with E-state index >= 15 is 0 Å². The Balaban J connectivity index is 2.44. The van der Waals surface area contributed by atoms with Gasteiger partial charge in [-0.15, -0.1) is 0 Å². The van der Waals surface area contributed by atoms with Crippen LogP contribution in [0.4, 0.5) is 0 Å². The SMILES string of the molecule is CC(=O)OCC(=O)Oc1ccc(Cl)cc1. The third-order valence-electron chi connectivity index (χ3n) is 1.44. The van der Waals surface area contributed by atoms with Crippen molar-refractivity contribution in [3.05, 3.63) is 29.3 Å². The Kier molecular flexibility index (Phi) is 4.12. The van der Waals surface area contributed by atoms with Crippen LogP contribution in [0.15, 0.2) is 24.3 Å². The summed E-state index contributed by atoms with van der Waals surface area (Å²) >= 11 is 5.64. The first-order chi connectivity index (χ1) is 7.08. The Bertz CT molecular complexity index is 358. The molecule has 0 radical (unpaired) electrons. The van der Waals surface area contributed by atoms with Crippen LogP contribution in [0.5, 0.6) is 5.75 Å². The number of carbonyl (C=O) groups is 2. The number of halogens is 1. The first-order valence-corrected chi connectivity index (χ1v) is 4.55. The lowest BCUT2D eigenvalue weighted by atomic mass is 10.3. The molecule has 0 N–H and O–H groups in total. The molecule has 0 heterocycles. The van der Waals surface area contributed by atoms with Crippen LogP contribution >= 0.6 is 11.6 Å². The Labute approximate surface area is 91.7 Å². The fraction of sp³-hybridized carbons (Fsp3) is 0.200. The van der Waals surface area contributed by atoms with Gasteiger partial charge in [-0.1, -0.05) is 11.6 Å². The van der Waals surface area contributed by atoms with Crippen LogP contribution in [0.3, 0.4) is 0 Å². The maximum atomic E-state index is 11.1. The molecule has 80 valence electrons. The average Bonchev–Trinajstić information content (AvgIpc) is 2.19. The van der Waals surface area contributed by atoms with Crippen molar-refractivity contribution in [2.45, 2.75) is 6.92 Å². The molecule has 0 aliphatic carbocycles. The first-order valence-electron chi connectivity index (χ1n) is 4.17. The normalized spacial score (nSPS) is 9.47. The number of benzene rings is 1. The van der Waals surface area contributed by atoms with Gasteiger partial charge in [-0.25, -0.2) is 4.79 Å². The molecule has 1 aromatic carbocycles. The fourth-order valence-electron chi connectivity index (χ4n) is 0.824. The summed E-state index contributed by atoms with van der Waals surface area (Å²) in [7, 11) is 0. The van der Waals surface area contributed by atoms with Gasteiger partial charge in [0.15, 0.2) is 6.61 Å².